The molecule has 2 unspecified atom stereocenters. The van der Waals surface area contributed by atoms with Gasteiger partial charge in [-0.2, -0.15) is 0 Å². The van der Waals surface area contributed by atoms with Gasteiger partial charge in [0.15, 0.2) is 0 Å². The van der Waals surface area contributed by atoms with E-state index in [0.29, 0.717) is 24.5 Å². The SMILES string of the molecule is CCC(CCO)NC(CN)C(C)C. The van der Waals surface area contributed by atoms with E-state index in [4.69, 9.17) is 10.8 Å². The van der Waals surface area contributed by atoms with Gasteiger partial charge in [0, 0.05) is 25.2 Å². The lowest BCUT2D eigenvalue weighted by Gasteiger charge is -2.26. The van der Waals surface area contributed by atoms with E-state index in [1.807, 2.05) is 0 Å². The van der Waals surface area contributed by atoms with E-state index in [2.05, 4.69) is 26.1 Å². The molecule has 4 N–H and O–H groups in total. The van der Waals surface area contributed by atoms with E-state index in [9.17, 15) is 0 Å². The number of hydrogen-bond acceptors (Lipinski definition) is 3. The molecule has 0 amide bonds. The highest BCUT2D eigenvalue weighted by molar-refractivity contribution is 4.76. The van der Waals surface area contributed by atoms with Crippen molar-refractivity contribution >= 4 is 0 Å². The fourth-order valence-electron chi connectivity index (χ4n) is 1.40. The van der Waals surface area contributed by atoms with Crippen LogP contribution < -0.4 is 11.1 Å². The van der Waals surface area contributed by atoms with Crippen molar-refractivity contribution in [3.8, 4) is 0 Å². The summed E-state index contributed by atoms with van der Waals surface area (Å²) >= 11 is 0. The summed E-state index contributed by atoms with van der Waals surface area (Å²) in [6.45, 7) is 7.37. The molecule has 80 valence electrons. The summed E-state index contributed by atoms with van der Waals surface area (Å²) in [5, 5.41) is 12.3. The van der Waals surface area contributed by atoms with Crippen molar-refractivity contribution in [3.05, 3.63) is 0 Å². The van der Waals surface area contributed by atoms with Gasteiger partial charge in [0.25, 0.3) is 0 Å². The largest absolute Gasteiger partial charge is 0.396 e. The molecule has 0 heterocycles. The Hall–Kier alpha value is -0.120. The predicted octanol–water partition coefficient (Wildman–Crippen LogP) is 0.720. The third-order valence-corrected chi connectivity index (χ3v) is 2.48. The highest BCUT2D eigenvalue weighted by Crippen LogP contribution is 2.04. The Balaban J connectivity index is 3.87. The summed E-state index contributed by atoms with van der Waals surface area (Å²) in [5.74, 6) is 0.553. The van der Waals surface area contributed by atoms with Gasteiger partial charge in [-0.15, -0.1) is 0 Å². The van der Waals surface area contributed by atoms with Gasteiger partial charge in [-0.25, -0.2) is 0 Å². The minimum Gasteiger partial charge on any atom is -0.396 e. The second-order valence-corrected chi connectivity index (χ2v) is 3.87. The average molecular weight is 188 g/mol. The van der Waals surface area contributed by atoms with Gasteiger partial charge in [-0.3, -0.25) is 0 Å². The maximum atomic E-state index is 8.82. The molecular weight excluding hydrogens is 164 g/mol. The van der Waals surface area contributed by atoms with Crippen molar-refractivity contribution in [2.24, 2.45) is 11.7 Å². The van der Waals surface area contributed by atoms with Crippen LogP contribution in [0, 0.1) is 5.92 Å². The lowest BCUT2D eigenvalue weighted by Crippen LogP contribution is -2.46. The van der Waals surface area contributed by atoms with Gasteiger partial charge in [-0.1, -0.05) is 20.8 Å². The molecular formula is C10H24N2O. The molecule has 0 radical (unpaired) electrons. The second kappa shape index (κ2) is 7.30. The summed E-state index contributed by atoms with van der Waals surface area (Å²) in [6, 6.07) is 0.775. The second-order valence-electron chi connectivity index (χ2n) is 3.87. The standard InChI is InChI=1S/C10H24N2O/c1-4-9(5-6-13)12-10(7-11)8(2)3/h8-10,12-13H,4-7,11H2,1-3H3. The van der Waals surface area contributed by atoms with Crippen molar-refractivity contribution < 1.29 is 5.11 Å². The van der Waals surface area contributed by atoms with Crippen molar-refractivity contribution in [2.75, 3.05) is 13.2 Å². The Bertz CT molecular complexity index is 117. The van der Waals surface area contributed by atoms with Crippen LogP contribution in [0.4, 0.5) is 0 Å². The summed E-state index contributed by atoms with van der Waals surface area (Å²) in [6.07, 6.45) is 1.86. The molecule has 13 heavy (non-hydrogen) atoms. The zero-order valence-electron chi connectivity index (χ0n) is 9.09. The van der Waals surface area contributed by atoms with Crippen molar-refractivity contribution in [3.63, 3.8) is 0 Å². The molecule has 0 fully saturated rings. The quantitative estimate of drug-likeness (QED) is 0.552. The Kier molecular flexibility index (Phi) is 7.23. The van der Waals surface area contributed by atoms with E-state index >= 15 is 0 Å². The third kappa shape index (κ3) is 5.24. The molecule has 0 aromatic rings. The third-order valence-electron chi connectivity index (χ3n) is 2.48. The fraction of sp³-hybridized carbons (Fsp3) is 1.00. The highest BCUT2D eigenvalue weighted by Gasteiger charge is 2.14. The average Bonchev–Trinajstić information content (AvgIpc) is 2.11. The van der Waals surface area contributed by atoms with E-state index in [1.54, 1.807) is 0 Å². The first-order chi connectivity index (χ1) is 6.15. The zero-order chi connectivity index (χ0) is 10.3. The molecule has 0 aromatic carbocycles. The molecule has 0 aliphatic carbocycles. The topological polar surface area (TPSA) is 58.3 Å². The van der Waals surface area contributed by atoms with Crippen molar-refractivity contribution in [2.45, 2.75) is 45.7 Å². The number of nitrogens with one attached hydrogen (secondary N) is 1. The van der Waals surface area contributed by atoms with E-state index in [1.165, 1.54) is 0 Å². The molecule has 2 atom stereocenters. The number of hydrogen-bond donors (Lipinski definition) is 3. The summed E-state index contributed by atoms with van der Waals surface area (Å²) in [4.78, 5) is 0. The molecule has 0 spiro atoms. The summed E-state index contributed by atoms with van der Waals surface area (Å²) < 4.78 is 0. The van der Waals surface area contributed by atoms with Gasteiger partial charge in [0.05, 0.1) is 0 Å². The van der Waals surface area contributed by atoms with E-state index < -0.39 is 0 Å². The lowest BCUT2D eigenvalue weighted by atomic mass is 10.0. The molecule has 0 rings (SSSR count). The molecule has 0 aliphatic heterocycles. The van der Waals surface area contributed by atoms with Gasteiger partial charge in [0.2, 0.25) is 0 Å². The van der Waals surface area contributed by atoms with Crippen LogP contribution in [-0.2, 0) is 0 Å². The minimum atomic E-state index is 0.251. The summed E-state index contributed by atoms with van der Waals surface area (Å²) in [7, 11) is 0. The lowest BCUT2D eigenvalue weighted by molar-refractivity contribution is 0.247. The maximum Gasteiger partial charge on any atom is 0.0445 e. The van der Waals surface area contributed by atoms with Crippen LogP contribution in [0.5, 0.6) is 0 Å². The normalized spacial score (nSPS) is 16.2. The van der Waals surface area contributed by atoms with Crippen LogP contribution >= 0.6 is 0 Å². The van der Waals surface area contributed by atoms with E-state index in [-0.39, 0.29) is 6.61 Å². The molecule has 3 heteroatoms. The van der Waals surface area contributed by atoms with Crippen LogP contribution in [0.2, 0.25) is 0 Å². The van der Waals surface area contributed by atoms with Gasteiger partial charge < -0.3 is 16.2 Å². The zero-order valence-corrected chi connectivity index (χ0v) is 9.09. The van der Waals surface area contributed by atoms with Gasteiger partial charge in [0.1, 0.15) is 0 Å². The highest BCUT2D eigenvalue weighted by atomic mass is 16.3. The Morgan fingerprint density at radius 1 is 1.38 bits per heavy atom. The van der Waals surface area contributed by atoms with Gasteiger partial charge >= 0.3 is 0 Å². The van der Waals surface area contributed by atoms with Crippen LogP contribution in [0.3, 0.4) is 0 Å². The van der Waals surface area contributed by atoms with Gasteiger partial charge in [-0.05, 0) is 18.8 Å². The molecule has 0 bridgehead atoms. The first-order valence-corrected chi connectivity index (χ1v) is 5.22. The predicted molar refractivity (Wildman–Crippen MR) is 56.6 cm³/mol. The maximum absolute atomic E-state index is 8.82. The monoisotopic (exact) mass is 188 g/mol. The fourth-order valence-corrected chi connectivity index (χ4v) is 1.40. The molecule has 0 aromatic heterocycles. The molecule has 0 saturated carbocycles. The van der Waals surface area contributed by atoms with Crippen LogP contribution in [-0.4, -0.2) is 30.3 Å². The number of nitrogens with two attached hydrogens (primary N) is 1. The first-order valence-electron chi connectivity index (χ1n) is 5.22. The molecule has 3 nitrogen and oxygen atoms in total. The minimum absolute atomic E-state index is 0.251. The summed E-state index contributed by atoms with van der Waals surface area (Å²) in [5.41, 5.74) is 5.65. The van der Waals surface area contributed by atoms with Crippen LogP contribution in [0.25, 0.3) is 0 Å². The number of aliphatic hydroxyl groups is 1. The van der Waals surface area contributed by atoms with Crippen LogP contribution in [0.15, 0.2) is 0 Å². The number of aliphatic hydroxyl groups excluding tert-OH is 1. The van der Waals surface area contributed by atoms with Crippen molar-refractivity contribution in [1.29, 1.82) is 0 Å². The van der Waals surface area contributed by atoms with Crippen molar-refractivity contribution in [1.82, 2.24) is 5.32 Å². The Labute approximate surface area is 81.7 Å². The van der Waals surface area contributed by atoms with E-state index in [0.717, 1.165) is 12.8 Å². The molecule has 0 saturated heterocycles. The number of rotatable bonds is 7. The Morgan fingerprint density at radius 2 is 2.00 bits per heavy atom. The molecule has 0 aliphatic rings. The first kappa shape index (κ1) is 12.9. The Morgan fingerprint density at radius 3 is 2.31 bits per heavy atom. The van der Waals surface area contributed by atoms with Crippen LogP contribution in [0.1, 0.15) is 33.6 Å². The smallest absolute Gasteiger partial charge is 0.0445 e.